The Morgan fingerprint density at radius 2 is 2.50 bits per heavy atom. The molecule has 3 heteroatoms. The van der Waals surface area contributed by atoms with Crippen LogP contribution in [0.4, 0.5) is 0 Å². The summed E-state index contributed by atoms with van der Waals surface area (Å²) in [6, 6.07) is 0. The molecule has 3 nitrogen and oxygen atoms in total. The van der Waals surface area contributed by atoms with Crippen LogP contribution in [-0.2, 0) is 9.53 Å². The van der Waals surface area contributed by atoms with Gasteiger partial charge in [-0.3, -0.25) is 0 Å². The fraction of sp³-hybridized carbons (Fsp3) is 0.571. The van der Waals surface area contributed by atoms with Crippen molar-refractivity contribution < 1.29 is 14.6 Å². The quantitative estimate of drug-likeness (QED) is 0.468. The lowest BCUT2D eigenvalue weighted by Gasteiger charge is -1.89. The van der Waals surface area contributed by atoms with Gasteiger partial charge in [-0.1, -0.05) is 6.08 Å². The summed E-state index contributed by atoms with van der Waals surface area (Å²) in [5, 5.41) is 8.41. The predicted molar refractivity (Wildman–Crippen MR) is 35.7 cm³/mol. The van der Waals surface area contributed by atoms with Crippen LogP contribution in [0.2, 0.25) is 0 Å². The van der Waals surface area contributed by atoms with Crippen LogP contribution >= 0.6 is 0 Å². The first kappa shape index (κ1) is 7.28. The molecule has 1 unspecified atom stereocenters. The summed E-state index contributed by atoms with van der Waals surface area (Å²) in [7, 11) is 0. The summed E-state index contributed by atoms with van der Waals surface area (Å²) in [5.41, 5.74) is 0.399. The Morgan fingerprint density at radius 1 is 1.90 bits per heavy atom. The van der Waals surface area contributed by atoms with Gasteiger partial charge in [-0.05, 0) is 13.3 Å². The van der Waals surface area contributed by atoms with Crippen molar-refractivity contribution in [1.82, 2.24) is 0 Å². The monoisotopic (exact) mass is 142 g/mol. The van der Waals surface area contributed by atoms with Gasteiger partial charge in [0.1, 0.15) is 0 Å². The highest BCUT2D eigenvalue weighted by Crippen LogP contribution is 2.14. The summed E-state index contributed by atoms with van der Waals surface area (Å²) in [5.74, 6) is -0.847. The maximum atomic E-state index is 10.2. The molecule has 0 saturated carbocycles. The second-order valence-corrected chi connectivity index (χ2v) is 2.38. The Labute approximate surface area is 59.3 Å². The standard InChI is InChI=1S/C7H10O3/c1-5(7(8)9)2-3-6-4-10-6/h2,6H,3-4H2,1H3,(H,8,9). The lowest BCUT2D eigenvalue weighted by atomic mass is 10.2. The number of hydrogen-bond acceptors (Lipinski definition) is 2. The first-order chi connectivity index (χ1) is 4.70. The van der Waals surface area contributed by atoms with Gasteiger partial charge in [0.15, 0.2) is 0 Å². The van der Waals surface area contributed by atoms with Gasteiger partial charge in [-0.2, -0.15) is 0 Å². The van der Waals surface area contributed by atoms with Gasteiger partial charge >= 0.3 is 5.97 Å². The van der Waals surface area contributed by atoms with E-state index in [4.69, 9.17) is 9.84 Å². The van der Waals surface area contributed by atoms with E-state index in [1.165, 1.54) is 0 Å². The van der Waals surface area contributed by atoms with Crippen LogP contribution < -0.4 is 0 Å². The van der Waals surface area contributed by atoms with Crippen molar-refractivity contribution in [3.63, 3.8) is 0 Å². The molecular weight excluding hydrogens is 132 g/mol. The topological polar surface area (TPSA) is 49.8 Å². The molecule has 0 bridgehead atoms. The molecule has 1 atom stereocenters. The van der Waals surface area contributed by atoms with E-state index in [2.05, 4.69) is 0 Å². The lowest BCUT2D eigenvalue weighted by molar-refractivity contribution is -0.132. The molecule has 1 N–H and O–H groups in total. The van der Waals surface area contributed by atoms with Crippen molar-refractivity contribution in [2.24, 2.45) is 0 Å². The van der Waals surface area contributed by atoms with Crippen LogP contribution in [0.25, 0.3) is 0 Å². The normalized spacial score (nSPS) is 24.5. The van der Waals surface area contributed by atoms with Crippen molar-refractivity contribution in [2.75, 3.05) is 6.61 Å². The molecule has 10 heavy (non-hydrogen) atoms. The van der Waals surface area contributed by atoms with Crippen LogP contribution in [-0.4, -0.2) is 23.8 Å². The van der Waals surface area contributed by atoms with Gasteiger partial charge in [0, 0.05) is 5.57 Å². The maximum absolute atomic E-state index is 10.2. The van der Waals surface area contributed by atoms with Crippen molar-refractivity contribution in [2.45, 2.75) is 19.4 Å². The molecule has 1 rings (SSSR count). The van der Waals surface area contributed by atoms with E-state index in [-0.39, 0.29) is 6.10 Å². The van der Waals surface area contributed by atoms with E-state index in [9.17, 15) is 4.79 Å². The molecule has 1 saturated heterocycles. The minimum absolute atomic E-state index is 0.286. The molecule has 1 fully saturated rings. The highest BCUT2D eigenvalue weighted by Gasteiger charge is 2.20. The molecule has 0 amide bonds. The zero-order chi connectivity index (χ0) is 7.56. The highest BCUT2D eigenvalue weighted by atomic mass is 16.6. The summed E-state index contributed by atoms with van der Waals surface area (Å²) in [6.07, 6.45) is 2.72. The smallest absolute Gasteiger partial charge is 0.330 e. The fourth-order valence-corrected chi connectivity index (χ4v) is 0.600. The summed E-state index contributed by atoms with van der Waals surface area (Å²) < 4.78 is 4.90. The molecule has 0 aromatic carbocycles. The predicted octanol–water partition coefficient (Wildman–Crippen LogP) is 0.806. The molecule has 0 aromatic rings. The number of aliphatic carboxylic acids is 1. The molecule has 0 aromatic heterocycles. The number of ether oxygens (including phenoxy) is 1. The number of epoxide rings is 1. The molecule has 1 aliphatic rings. The summed E-state index contributed by atoms with van der Waals surface area (Å²) in [6.45, 7) is 2.37. The molecule has 1 heterocycles. The minimum atomic E-state index is -0.847. The number of hydrogen-bond donors (Lipinski definition) is 1. The van der Waals surface area contributed by atoms with E-state index in [1.54, 1.807) is 13.0 Å². The van der Waals surface area contributed by atoms with Gasteiger partial charge < -0.3 is 9.84 Å². The van der Waals surface area contributed by atoms with Crippen molar-refractivity contribution in [3.05, 3.63) is 11.6 Å². The number of carboxylic acids is 1. The Bertz CT molecular complexity index is 168. The third-order valence-electron chi connectivity index (χ3n) is 1.43. The van der Waals surface area contributed by atoms with Crippen molar-refractivity contribution in [3.8, 4) is 0 Å². The Morgan fingerprint density at radius 3 is 2.90 bits per heavy atom. The van der Waals surface area contributed by atoms with E-state index in [0.717, 1.165) is 13.0 Å². The van der Waals surface area contributed by atoms with Gasteiger partial charge in [-0.15, -0.1) is 0 Å². The van der Waals surface area contributed by atoms with Crippen molar-refractivity contribution >= 4 is 5.97 Å². The van der Waals surface area contributed by atoms with Crippen LogP contribution in [0.3, 0.4) is 0 Å². The Hall–Kier alpha value is -0.830. The van der Waals surface area contributed by atoms with Crippen LogP contribution in [0, 0.1) is 0 Å². The molecule has 56 valence electrons. The Kier molecular flexibility index (Phi) is 2.06. The number of carbonyl (C=O) groups is 1. The zero-order valence-electron chi connectivity index (χ0n) is 5.83. The molecule has 0 radical (unpaired) electrons. The fourth-order valence-electron chi connectivity index (χ4n) is 0.600. The lowest BCUT2D eigenvalue weighted by Crippen LogP contribution is -1.96. The second-order valence-electron chi connectivity index (χ2n) is 2.38. The zero-order valence-corrected chi connectivity index (χ0v) is 5.83. The van der Waals surface area contributed by atoms with E-state index >= 15 is 0 Å². The van der Waals surface area contributed by atoms with E-state index in [0.29, 0.717) is 5.57 Å². The molecule has 0 aliphatic carbocycles. The van der Waals surface area contributed by atoms with Crippen LogP contribution in [0.1, 0.15) is 13.3 Å². The number of carboxylic acid groups (broad SMARTS) is 1. The summed E-state index contributed by atoms with van der Waals surface area (Å²) in [4.78, 5) is 10.2. The molecular formula is C7H10O3. The minimum Gasteiger partial charge on any atom is -0.478 e. The van der Waals surface area contributed by atoms with Gasteiger partial charge in [-0.25, -0.2) is 4.79 Å². The highest BCUT2D eigenvalue weighted by molar-refractivity contribution is 5.85. The third kappa shape index (κ3) is 2.19. The Balaban J connectivity index is 2.29. The van der Waals surface area contributed by atoms with Crippen LogP contribution in [0.5, 0.6) is 0 Å². The van der Waals surface area contributed by atoms with Crippen LogP contribution in [0.15, 0.2) is 11.6 Å². The van der Waals surface area contributed by atoms with Crippen molar-refractivity contribution in [1.29, 1.82) is 0 Å². The number of rotatable bonds is 3. The average molecular weight is 142 g/mol. The van der Waals surface area contributed by atoms with E-state index < -0.39 is 5.97 Å². The van der Waals surface area contributed by atoms with Gasteiger partial charge in [0.25, 0.3) is 0 Å². The van der Waals surface area contributed by atoms with Gasteiger partial charge in [0.05, 0.1) is 12.7 Å². The van der Waals surface area contributed by atoms with E-state index in [1.807, 2.05) is 0 Å². The van der Waals surface area contributed by atoms with Gasteiger partial charge in [0.2, 0.25) is 0 Å². The molecule has 0 spiro atoms. The maximum Gasteiger partial charge on any atom is 0.330 e. The first-order valence-corrected chi connectivity index (χ1v) is 3.22. The average Bonchev–Trinajstić information content (AvgIpc) is 2.64. The largest absolute Gasteiger partial charge is 0.478 e. The SMILES string of the molecule is CC(=CCC1CO1)C(=O)O. The molecule has 1 aliphatic heterocycles. The third-order valence-corrected chi connectivity index (χ3v) is 1.43. The second kappa shape index (κ2) is 2.84. The summed E-state index contributed by atoms with van der Waals surface area (Å²) >= 11 is 0. The first-order valence-electron chi connectivity index (χ1n) is 3.22.